The highest BCUT2D eigenvalue weighted by Gasteiger charge is 2.20. The standard InChI is InChI=1S/C18H25N5/c1-12-4-6-23(7-5-12)18-16(19)17(20-11-21-18)22-15-9-13(2)8-14(3)10-15/h8-12H,4-7,19H2,1-3H3,(H,20,21,22). The molecule has 1 aromatic heterocycles. The van der Waals surface area contributed by atoms with E-state index in [-0.39, 0.29) is 0 Å². The molecule has 122 valence electrons. The topological polar surface area (TPSA) is 67.1 Å². The molecule has 0 saturated carbocycles. The van der Waals surface area contributed by atoms with Gasteiger partial charge in [0.05, 0.1) is 0 Å². The Morgan fingerprint density at radius 3 is 2.39 bits per heavy atom. The predicted octanol–water partition coefficient (Wildman–Crippen LogP) is 3.66. The molecule has 0 radical (unpaired) electrons. The number of aryl methyl sites for hydroxylation is 2. The van der Waals surface area contributed by atoms with Crippen LogP contribution in [0.25, 0.3) is 0 Å². The molecule has 0 spiro atoms. The van der Waals surface area contributed by atoms with Crippen LogP contribution >= 0.6 is 0 Å². The van der Waals surface area contributed by atoms with E-state index < -0.39 is 0 Å². The zero-order chi connectivity index (χ0) is 16.4. The number of anilines is 4. The van der Waals surface area contributed by atoms with E-state index in [2.05, 4.69) is 59.2 Å². The fourth-order valence-electron chi connectivity index (χ4n) is 3.14. The molecule has 2 aromatic rings. The van der Waals surface area contributed by atoms with Gasteiger partial charge in [-0.25, -0.2) is 9.97 Å². The molecule has 0 unspecified atom stereocenters. The molecule has 1 saturated heterocycles. The zero-order valence-corrected chi connectivity index (χ0v) is 14.1. The van der Waals surface area contributed by atoms with Crippen LogP contribution in [0.5, 0.6) is 0 Å². The number of piperidine rings is 1. The normalized spacial score (nSPS) is 15.7. The Hall–Kier alpha value is -2.30. The summed E-state index contributed by atoms with van der Waals surface area (Å²) in [6.07, 6.45) is 3.96. The maximum absolute atomic E-state index is 6.34. The van der Waals surface area contributed by atoms with Crippen molar-refractivity contribution in [2.24, 2.45) is 5.92 Å². The lowest BCUT2D eigenvalue weighted by Gasteiger charge is -2.32. The second-order valence-corrected chi connectivity index (χ2v) is 6.63. The van der Waals surface area contributed by atoms with Gasteiger partial charge in [-0.2, -0.15) is 0 Å². The maximum Gasteiger partial charge on any atom is 0.159 e. The fourth-order valence-corrected chi connectivity index (χ4v) is 3.14. The van der Waals surface area contributed by atoms with Gasteiger partial charge in [-0.3, -0.25) is 0 Å². The molecule has 0 bridgehead atoms. The van der Waals surface area contributed by atoms with E-state index in [0.29, 0.717) is 11.5 Å². The molecule has 23 heavy (non-hydrogen) atoms. The lowest BCUT2D eigenvalue weighted by molar-refractivity contribution is 0.437. The van der Waals surface area contributed by atoms with Crippen molar-refractivity contribution in [3.63, 3.8) is 0 Å². The summed E-state index contributed by atoms with van der Waals surface area (Å²) < 4.78 is 0. The van der Waals surface area contributed by atoms with Gasteiger partial charge in [-0.15, -0.1) is 0 Å². The van der Waals surface area contributed by atoms with E-state index in [4.69, 9.17) is 5.73 Å². The summed E-state index contributed by atoms with van der Waals surface area (Å²) in [6, 6.07) is 6.34. The van der Waals surface area contributed by atoms with E-state index in [9.17, 15) is 0 Å². The summed E-state index contributed by atoms with van der Waals surface area (Å²) >= 11 is 0. The summed E-state index contributed by atoms with van der Waals surface area (Å²) in [5.74, 6) is 2.31. The van der Waals surface area contributed by atoms with Crippen molar-refractivity contribution >= 4 is 23.0 Å². The first-order chi connectivity index (χ1) is 11.0. The highest BCUT2D eigenvalue weighted by atomic mass is 15.2. The van der Waals surface area contributed by atoms with Crippen molar-refractivity contribution in [3.05, 3.63) is 35.7 Å². The number of aromatic nitrogens is 2. The minimum atomic E-state index is 0.626. The third-order valence-electron chi connectivity index (χ3n) is 4.43. The Labute approximate surface area is 137 Å². The molecule has 0 aliphatic carbocycles. The third-order valence-corrected chi connectivity index (χ3v) is 4.43. The average molecular weight is 311 g/mol. The number of rotatable bonds is 3. The number of nitrogens with one attached hydrogen (secondary N) is 1. The molecule has 3 N–H and O–H groups in total. The number of nitrogens with zero attached hydrogens (tertiary/aromatic N) is 3. The number of nitrogen functional groups attached to an aromatic ring is 1. The summed E-state index contributed by atoms with van der Waals surface area (Å²) in [5.41, 5.74) is 10.4. The van der Waals surface area contributed by atoms with Crippen LogP contribution in [0.4, 0.5) is 23.0 Å². The van der Waals surface area contributed by atoms with Crippen molar-refractivity contribution in [2.45, 2.75) is 33.6 Å². The van der Waals surface area contributed by atoms with Crippen LogP contribution < -0.4 is 16.0 Å². The average Bonchev–Trinajstić information content (AvgIpc) is 2.49. The van der Waals surface area contributed by atoms with Crippen LogP contribution in [0.15, 0.2) is 24.5 Å². The smallest absolute Gasteiger partial charge is 0.159 e. The van der Waals surface area contributed by atoms with Gasteiger partial charge in [0.2, 0.25) is 0 Å². The van der Waals surface area contributed by atoms with Crippen molar-refractivity contribution < 1.29 is 0 Å². The van der Waals surface area contributed by atoms with Gasteiger partial charge < -0.3 is 16.0 Å². The number of hydrogen-bond donors (Lipinski definition) is 2. The van der Waals surface area contributed by atoms with Crippen LogP contribution in [-0.4, -0.2) is 23.1 Å². The molecular weight excluding hydrogens is 286 g/mol. The molecule has 1 aliphatic heterocycles. The van der Waals surface area contributed by atoms with Gasteiger partial charge >= 0.3 is 0 Å². The van der Waals surface area contributed by atoms with Gasteiger partial charge in [0.25, 0.3) is 0 Å². The fraction of sp³-hybridized carbons (Fsp3) is 0.444. The molecule has 1 aromatic carbocycles. The first-order valence-corrected chi connectivity index (χ1v) is 8.23. The lowest BCUT2D eigenvalue weighted by atomic mass is 9.99. The summed E-state index contributed by atoms with van der Waals surface area (Å²) in [5, 5.41) is 3.34. The van der Waals surface area contributed by atoms with E-state index in [1.165, 1.54) is 24.0 Å². The highest BCUT2D eigenvalue weighted by Crippen LogP contribution is 2.31. The summed E-state index contributed by atoms with van der Waals surface area (Å²) in [7, 11) is 0. The van der Waals surface area contributed by atoms with Gasteiger partial charge in [0, 0.05) is 18.8 Å². The maximum atomic E-state index is 6.34. The SMILES string of the molecule is Cc1cc(C)cc(Nc2ncnc(N3CCC(C)CC3)c2N)c1. The Balaban J connectivity index is 1.84. The zero-order valence-electron chi connectivity index (χ0n) is 14.1. The van der Waals surface area contributed by atoms with Crippen molar-refractivity contribution in [3.8, 4) is 0 Å². The Kier molecular flexibility index (Phi) is 4.37. The molecule has 5 nitrogen and oxygen atoms in total. The molecule has 1 aliphatic rings. The van der Waals surface area contributed by atoms with Gasteiger partial charge in [0.15, 0.2) is 11.6 Å². The summed E-state index contributed by atoms with van der Waals surface area (Å²) in [6.45, 7) is 8.48. The van der Waals surface area contributed by atoms with Crippen molar-refractivity contribution in [1.29, 1.82) is 0 Å². The second kappa shape index (κ2) is 6.44. The lowest BCUT2D eigenvalue weighted by Crippen LogP contribution is -2.34. The Bertz CT molecular complexity index is 670. The summed E-state index contributed by atoms with van der Waals surface area (Å²) in [4.78, 5) is 11.0. The molecule has 2 heterocycles. The van der Waals surface area contributed by atoms with Gasteiger partial charge in [-0.1, -0.05) is 13.0 Å². The molecule has 0 atom stereocenters. The predicted molar refractivity (Wildman–Crippen MR) is 96.3 cm³/mol. The van der Waals surface area contributed by atoms with Gasteiger partial charge in [-0.05, 0) is 55.9 Å². The monoisotopic (exact) mass is 311 g/mol. The molecule has 0 amide bonds. The quantitative estimate of drug-likeness (QED) is 0.905. The van der Waals surface area contributed by atoms with Crippen LogP contribution in [-0.2, 0) is 0 Å². The number of benzene rings is 1. The van der Waals surface area contributed by atoms with Crippen LogP contribution in [0.3, 0.4) is 0 Å². The van der Waals surface area contributed by atoms with Crippen molar-refractivity contribution in [1.82, 2.24) is 9.97 Å². The van der Waals surface area contributed by atoms with E-state index in [1.54, 1.807) is 6.33 Å². The van der Waals surface area contributed by atoms with Crippen molar-refractivity contribution in [2.75, 3.05) is 29.0 Å². The molecule has 5 heteroatoms. The highest BCUT2D eigenvalue weighted by molar-refractivity contribution is 5.78. The third kappa shape index (κ3) is 3.55. The van der Waals surface area contributed by atoms with Crippen LogP contribution in [0, 0.1) is 19.8 Å². The Morgan fingerprint density at radius 1 is 1.09 bits per heavy atom. The van der Waals surface area contributed by atoms with Crippen LogP contribution in [0.2, 0.25) is 0 Å². The van der Waals surface area contributed by atoms with Crippen LogP contribution in [0.1, 0.15) is 30.9 Å². The first-order valence-electron chi connectivity index (χ1n) is 8.23. The molecular formula is C18H25N5. The minimum absolute atomic E-state index is 0.626. The second-order valence-electron chi connectivity index (χ2n) is 6.63. The molecule has 3 rings (SSSR count). The first kappa shape index (κ1) is 15.6. The van der Waals surface area contributed by atoms with E-state index in [0.717, 1.165) is 30.5 Å². The minimum Gasteiger partial charge on any atom is -0.393 e. The largest absolute Gasteiger partial charge is 0.393 e. The van der Waals surface area contributed by atoms with E-state index >= 15 is 0 Å². The Morgan fingerprint density at radius 2 is 1.74 bits per heavy atom. The van der Waals surface area contributed by atoms with Gasteiger partial charge in [0.1, 0.15) is 12.0 Å². The number of hydrogen-bond acceptors (Lipinski definition) is 5. The van der Waals surface area contributed by atoms with E-state index in [1.807, 2.05) is 0 Å². The molecule has 1 fully saturated rings. The number of nitrogens with two attached hydrogens (primary N) is 1.